The Hall–Kier alpha value is -3.62. The maximum atomic E-state index is 13.5. The Labute approximate surface area is 197 Å². The highest BCUT2D eigenvalue weighted by Crippen LogP contribution is 2.44. The second-order valence-electron chi connectivity index (χ2n) is 9.47. The van der Waals surface area contributed by atoms with Crippen LogP contribution in [0.25, 0.3) is 11.3 Å². The lowest BCUT2D eigenvalue weighted by Gasteiger charge is -2.24. The van der Waals surface area contributed by atoms with E-state index in [4.69, 9.17) is 15.6 Å². The Balaban J connectivity index is 1.35. The zero-order valence-corrected chi connectivity index (χ0v) is 19.4. The number of amides is 2. The van der Waals surface area contributed by atoms with Gasteiger partial charge in [-0.25, -0.2) is 14.2 Å². The summed E-state index contributed by atoms with van der Waals surface area (Å²) in [6.45, 7) is 6.37. The molecule has 3 N–H and O–H groups in total. The minimum absolute atomic E-state index is 0.00659. The number of nitrogens with zero attached hydrogens (tertiary/aromatic N) is 4. The molecule has 178 valence electrons. The number of aromatic nitrogens is 3. The van der Waals surface area contributed by atoms with Gasteiger partial charge in [-0.05, 0) is 56.5 Å². The van der Waals surface area contributed by atoms with Crippen molar-refractivity contribution in [1.82, 2.24) is 25.0 Å². The molecule has 1 atom stereocenters. The highest BCUT2D eigenvalue weighted by atomic mass is 19.1. The van der Waals surface area contributed by atoms with Crippen LogP contribution in [0.5, 0.6) is 5.75 Å². The van der Waals surface area contributed by atoms with Crippen molar-refractivity contribution in [3.63, 3.8) is 0 Å². The summed E-state index contributed by atoms with van der Waals surface area (Å²) in [7, 11) is 0. The molecule has 0 aliphatic carbocycles. The number of ether oxygens (including phenoxy) is 1. The van der Waals surface area contributed by atoms with Gasteiger partial charge < -0.3 is 20.7 Å². The van der Waals surface area contributed by atoms with E-state index in [1.54, 1.807) is 18.3 Å². The number of benzene rings is 1. The summed E-state index contributed by atoms with van der Waals surface area (Å²) < 4.78 is 21.3. The van der Waals surface area contributed by atoms with E-state index >= 15 is 0 Å². The first-order valence-electron chi connectivity index (χ1n) is 11.6. The van der Waals surface area contributed by atoms with Crippen molar-refractivity contribution in [2.45, 2.75) is 51.3 Å². The zero-order valence-electron chi connectivity index (χ0n) is 19.4. The smallest absolute Gasteiger partial charge is 0.317 e. The number of carbonyl (C=O) groups is 1. The van der Waals surface area contributed by atoms with Crippen LogP contribution in [0.1, 0.15) is 37.9 Å². The summed E-state index contributed by atoms with van der Waals surface area (Å²) in [5.41, 5.74) is 9.41. The highest BCUT2D eigenvalue weighted by molar-refractivity contribution is 5.75. The molecule has 1 fully saturated rings. The van der Waals surface area contributed by atoms with Crippen molar-refractivity contribution < 1.29 is 13.9 Å². The molecular formula is C25H29FN6O2. The molecule has 2 amide bonds. The average Bonchev–Trinajstić information content (AvgIpc) is 3.50. The van der Waals surface area contributed by atoms with Crippen molar-refractivity contribution in [1.29, 1.82) is 0 Å². The number of nitrogens with one attached hydrogen (secondary N) is 1. The van der Waals surface area contributed by atoms with E-state index in [0.717, 1.165) is 42.9 Å². The van der Waals surface area contributed by atoms with E-state index in [1.165, 1.54) is 12.1 Å². The summed E-state index contributed by atoms with van der Waals surface area (Å²) in [5.74, 6) is 0.391. The van der Waals surface area contributed by atoms with Crippen LogP contribution in [0.15, 0.2) is 42.6 Å². The average molecular weight is 465 g/mol. The number of nitrogens with two attached hydrogens (primary N) is 1. The van der Waals surface area contributed by atoms with E-state index < -0.39 is 0 Å². The number of fused-ring (bicyclic) bond motifs is 2. The summed E-state index contributed by atoms with van der Waals surface area (Å²) in [5, 5.41) is 7.80. The second kappa shape index (κ2) is 8.62. The lowest BCUT2D eigenvalue weighted by atomic mass is 9.82. The summed E-state index contributed by atoms with van der Waals surface area (Å²) in [6, 6.07) is 10.3. The number of hydrogen-bond donors (Lipinski definition) is 2. The third-order valence-electron chi connectivity index (χ3n) is 6.64. The third-order valence-corrected chi connectivity index (χ3v) is 6.64. The number of halogens is 1. The fourth-order valence-corrected chi connectivity index (χ4v) is 4.90. The molecule has 1 saturated heterocycles. The molecule has 9 heteroatoms. The molecule has 2 aliphatic rings. The number of carbonyl (C=O) groups excluding carboxylic acids is 1. The second-order valence-corrected chi connectivity index (χ2v) is 9.47. The Morgan fingerprint density at radius 3 is 2.88 bits per heavy atom. The van der Waals surface area contributed by atoms with Crippen LogP contribution in [0, 0.1) is 5.82 Å². The molecule has 1 aromatic carbocycles. The van der Waals surface area contributed by atoms with Crippen LogP contribution >= 0.6 is 0 Å². The minimum Gasteiger partial charge on any atom is -0.485 e. The maximum absolute atomic E-state index is 13.5. The number of aryl methyl sites for hydroxylation is 1. The Morgan fingerprint density at radius 1 is 1.26 bits per heavy atom. The summed E-state index contributed by atoms with van der Waals surface area (Å²) in [6.07, 6.45) is 3.58. The van der Waals surface area contributed by atoms with Crippen molar-refractivity contribution in [2.75, 3.05) is 18.8 Å². The van der Waals surface area contributed by atoms with Crippen molar-refractivity contribution in [3.05, 3.63) is 59.7 Å². The first-order valence-corrected chi connectivity index (χ1v) is 11.6. The molecule has 0 saturated carbocycles. The summed E-state index contributed by atoms with van der Waals surface area (Å²) >= 11 is 0. The van der Waals surface area contributed by atoms with E-state index in [0.29, 0.717) is 17.9 Å². The number of pyridine rings is 1. The van der Waals surface area contributed by atoms with E-state index in [1.807, 2.05) is 29.5 Å². The lowest BCUT2D eigenvalue weighted by molar-refractivity contribution is 0.203. The zero-order chi connectivity index (χ0) is 23.9. The van der Waals surface area contributed by atoms with Crippen LogP contribution in [0.3, 0.4) is 0 Å². The third kappa shape index (κ3) is 4.18. The maximum Gasteiger partial charge on any atom is 0.317 e. The number of anilines is 1. The molecule has 1 unspecified atom stereocenters. The summed E-state index contributed by atoms with van der Waals surface area (Å²) in [4.78, 5) is 18.7. The van der Waals surface area contributed by atoms with Crippen LogP contribution in [-0.4, -0.2) is 44.8 Å². The number of nitrogen functional groups attached to an aromatic ring is 1. The van der Waals surface area contributed by atoms with E-state index in [-0.39, 0.29) is 35.7 Å². The van der Waals surface area contributed by atoms with Crippen LogP contribution in [0.4, 0.5) is 15.0 Å². The van der Waals surface area contributed by atoms with E-state index in [2.05, 4.69) is 16.4 Å². The molecule has 3 aromatic rings. The standard InChI is InChI=1S/C25H29FN6O2/c1-16(2)29-24(33)31-8-6-25(15-31)7-9-32-22(25)12-20(30-32)18-11-21(23(27)28-13-18)34-14-17-4-3-5-19(26)10-17/h3-5,10-13,16H,6-9,14-15H2,1-2H3,(H2,27,28)(H,29,33). The molecule has 2 aliphatic heterocycles. The molecule has 34 heavy (non-hydrogen) atoms. The molecule has 2 aromatic heterocycles. The first-order chi connectivity index (χ1) is 16.3. The largest absolute Gasteiger partial charge is 0.485 e. The van der Waals surface area contributed by atoms with Crippen molar-refractivity contribution in [3.8, 4) is 17.0 Å². The predicted octanol–water partition coefficient (Wildman–Crippen LogP) is 3.71. The number of hydrogen-bond acceptors (Lipinski definition) is 5. The number of rotatable bonds is 5. The highest BCUT2D eigenvalue weighted by Gasteiger charge is 2.47. The Morgan fingerprint density at radius 2 is 2.09 bits per heavy atom. The van der Waals surface area contributed by atoms with Gasteiger partial charge >= 0.3 is 6.03 Å². The molecular weight excluding hydrogens is 435 g/mol. The van der Waals surface area contributed by atoms with Gasteiger partial charge in [0.25, 0.3) is 0 Å². The fraction of sp³-hybridized carbons (Fsp3) is 0.400. The van der Waals surface area contributed by atoms with E-state index in [9.17, 15) is 9.18 Å². The number of urea groups is 1. The van der Waals surface area contributed by atoms with Crippen molar-refractivity contribution >= 4 is 11.8 Å². The Bertz CT molecular complexity index is 1230. The van der Waals surface area contributed by atoms with Crippen LogP contribution < -0.4 is 15.8 Å². The fourth-order valence-electron chi connectivity index (χ4n) is 4.90. The van der Waals surface area contributed by atoms with Gasteiger partial charge in [0.2, 0.25) is 0 Å². The first kappa shape index (κ1) is 22.2. The van der Waals surface area contributed by atoms with Gasteiger partial charge in [-0.3, -0.25) is 4.68 Å². The van der Waals surface area contributed by atoms with Gasteiger partial charge in [-0.2, -0.15) is 5.10 Å². The van der Waals surface area contributed by atoms with Crippen LogP contribution in [0.2, 0.25) is 0 Å². The van der Waals surface area contributed by atoms with Gasteiger partial charge in [0.1, 0.15) is 12.4 Å². The number of likely N-dealkylation sites (tertiary alicyclic amines) is 1. The van der Waals surface area contributed by atoms with Gasteiger partial charge in [-0.1, -0.05) is 12.1 Å². The lowest BCUT2D eigenvalue weighted by Crippen LogP contribution is -2.43. The van der Waals surface area contributed by atoms with Gasteiger partial charge in [0.05, 0.1) is 5.69 Å². The van der Waals surface area contributed by atoms with Gasteiger partial charge in [0, 0.05) is 48.5 Å². The molecule has 4 heterocycles. The quantitative estimate of drug-likeness (QED) is 0.600. The van der Waals surface area contributed by atoms with Crippen molar-refractivity contribution in [2.24, 2.45) is 0 Å². The normalized spacial score (nSPS) is 19.1. The van der Waals surface area contributed by atoms with Crippen LogP contribution in [-0.2, 0) is 18.6 Å². The molecule has 8 nitrogen and oxygen atoms in total. The Kier molecular flexibility index (Phi) is 5.63. The van der Waals surface area contributed by atoms with Gasteiger partial charge in [-0.15, -0.1) is 0 Å². The minimum atomic E-state index is -0.311. The molecule has 0 bridgehead atoms. The topological polar surface area (TPSA) is 98.3 Å². The van der Waals surface area contributed by atoms with Gasteiger partial charge in [0.15, 0.2) is 11.6 Å². The molecule has 1 spiro atoms. The SMILES string of the molecule is CC(C)NC(=O)N1CCC2(CCn3nc(-c4cnc(N)c(OCc5cccc(F)c5)c4)cc32)C1. The molecule has 5 rings (SSSR count). The predicted molar refractivity (Wildman–Crippen MR) is 127 cm³/mol. The monoisotopic (exact) mass is 464 g/mol. The molecule has 0 radical (unpaired) electrons.